The van der Waals surface area contributed by atoms with E-state index in [0.29, 0.717) is 27.6 Å². The maximum absolute atomic E-state index is 12.8. The fourth-order valence-electron chi connectivity index (χ4n) is 3.00. The first-order valence-corrected chi connectivity index (χ1v) is 9.40. The van der Waals surface area contributed by atoms with Crippen LogP contribution in [0.1, 0.15) is 17.3 Å². The lowest BCUT2D eigenvalue weighted by atomic mass is 10.1. The van der Waals surface area contributed by atoms with Crippen molar-refractivity contribution in [3.05, 3.63) is 82.0 Å². The van der Waals surface area contributed by atoms with Crippen LogP contribution < -0.4 is 10.9 Å². The number of fused-ring (bicyclic) bond motifs is 1. The van der Waals surface area contributed by atoms with Gasteiger partial charge in [0.2, 0.25) is 5.91 Å². The van der Waals surface area contributed by atoms with Crippen molar-refractivity contribution in [1.82, 2.24) is 19.3 Å². The Balaban J connectivity index is 1.56. The molecule has 2 aromatic heterocycles. The minimum atomic E-state index is -0.393. The van der Waals surface area contributed by atoms with Gasteiger partial charge < -0.3 is 5.32 Å². The summed E-state index contributed by atoms with van der Waals surface area (Å²) in [5.74, 6) is -0.451. The van der Waals surface area contributed by atoms with E-state index in [1.807, 2.05) is 0 Å². The molecule has 30 heavy (non-hydrogen) atoms. The average Bonchev–Trinajstić information content (AvgIpc) is 3.15. The van der Waals surface area contributed by atoms with Gasteiger partial charge in [-0.15, -0.1) is 0 Å². The first kappa shape index (κ1) is 19.5. The van der Waals surface area contributed by atoms with Crippen LogP contribution in [0.3, 0.4) is 0 Å². The van der Waals surface area contributed by atoms with Crippen molar-refractivity contribution in [2.75, 3.05) is 5.32 Å². The van der Waals surface area contributed by atoms with E-state index in [-0.39, 0.29) is 23.3 Å². The lowest BCUT2D eigenvalue weighted by molar-refractivity contribution is -0.116. The highest BCUT2D eigenvalue weighted by Gasteiger charge is 2.13. The molecule has 2 heterocycles. The van der Waals surface area contributed by atoms with Crippen molar-refractivity contribution in [2.45, 2.75) is 13.5 Å². The van der Waals surface area contributed by atoms with Gasteiger partial charge in [0.05, 0.1) is 11.9 Å². The fourth-order valence-corrected chi connectivity index (χ4v) is 3.19. The van der Waals surface area contributed by atoms with E-state index < -0.39 is 5.91 Å². The summed E-state index contributed by atoms with van der Waals surface area (Å²) in [5.41, 5.74) is 1.75. The number of rotatable bonds is 5. The van der Waals surface area contributed by atoms with E-state index >= 15 is 0 Å². The number of ketones is 1. The lowest BCUT2D eigenvalue weighted by Gasteiger charge is -2.08. The standard InChI is InChI=1S/C21H16ClN5O3/c1-13(28)14-5-7-16(8-6-14)25-19(29)11-26-12-23-20-18(21(26)30)10-24-27(20)17-4-2-3-15(22)9-17/h2-10,12H,11H2,1H3,(H,25,29). The quantitative estimate of drug-likeness (QED) is 0.499. The van der Waals surface area contributed by atoms with E-state index in [9.17, 15) is 14.4 Å². The SMILES string of the molecule is CC(=O)c1ccc(NC(=O)Cn2cnc3c(cnn3-c3cccc(Cl)c3)c2=O)cc1. The summed E-state index contributed by atoms with van der Waals surface area (Å²) >= 11 is 6.03. The van der Waals surface area contributed by atoms with Crippen molar-refractivity contribution in [3.63, 3.8) is 0 Å². The Labute approximate surface area is 175 Å². The third-order valence-electron chi connectivity index (χ3n) is 4.50. The Hall–Kier alpha value is -3.78. The molecular weight excluding hydrogens is 406 g/mol. The van der Waals surface area contributed by atoms with Crippen LogP contribution in [0.4, 0.5) is 5.69 Å². The third kappa shape index (κ3) is 3.85. The number of nitrogens with zero attached hydrogens (tertiary/aromatic N) is 4. The number of halogens is 1. The third-order valence-corrected chi connectivity index (χ3v) is 4.73. The van der Waals surface area contributed by atoms with Gasteiger partial charge in [0.1, 0.15) is 18.3 Å². The van der Waals surface area contributed by atoms with E-state index in [1.165, 1.54) is 28.7 Å². The van der Waals surface area contributed by atoms with Gasteiger partial charge in [-0.1, -0.05) is 17.7 Å². The second-order valence-corrected chi connectivity index (χ2v) is 7.07. The molecule has 4 rings (SSSR count). The van der Waals surface area contributed by atoms with Crippen LogP contribution in [0, 0.1) is 0 Å². The Kier molecular flexibility index (Phi) is 5.16. The number of aromatic nitrogens is 4. The molecule has 0 spiro atoms. The van der Waals surface area contributed by atoms with Gasteiger partial charge in [-0.3, -0.25) is 19.0 Å². The van der Waals surface area contributed by atoms with E-state index in [0.717, 1.165) is 0 Å². The Morgan fingerprint density at radius 2 is 1.90 bits per heavy atom. The molecule has 0 aliphatic rings. The van der Waals surface area contributed by atoms with Gasteiger partial charge in [-0.25, -0.2) is 9.67 Å². The lowest BCUT2D eigenvalue weighted by Crippen LogP contribution is -2.27. The largest absolute Gasteiger partial charge is 0.325 e. The summed E-state index contributed by atoms with van der Waals surface area (Å²) in [7, 11) is 0. The van der Waals surface area contributed by atoms with Crippen LogP contribution in [0.5, 0.6) is 0 Å². The molecule has 0 unspecified atom stereocenters. The highest BCUT2D eigenvalue weighted by atomic mass is 35.5. The molecule has 150 valence electrons. The van der Waals surface area contributed by atoms with Crippen LogP contribution in [-0.2, 0) is 11.3 Å². The van der Waals surface area contributed by atoms with Crippen LogP contribution in [0.25, 0.3) is 16.7 Å². The van der Waals surface area contributed by atoms with Crippen LogP contribution in [-0.4, -0.2) is 31.0 Å². The number of hydrogen-bond donors (Lipinski definition) is 1. The normalized spacial score (nSPS) is 10.9. The molecule has 0 fully saturated rings. The molecule has 1 amide bonds. The maximum atomic E-state index is 12.8. The number of benzene rings is 2. The van der Waals surface area contributed by atoms with Gasteiger partial charge in [-0.05, 0) is 49.4 Å². The van der Waals surface area contributed by atoms with Crippen LogP contribution in [0.2, 0.25) is 5.02 Å². The van der Waals surface area contributed by atoms with Crippen molar-refractivity contribution in [3.8, 4) is 5.69 Å². The second kappa shape index (κ2) is 7.92. The van der Waals surface area contributed by atoms with Crippen LogP contribution >= 0.6 is 11.6 Å². The minimum absolute atomic E-state index is 0.0582. The maximum Gasteiger partial charge on any atom is 0.264 e. The van der Waals surface area contributed by atoms with Gasteiger partial charge >= 0.3 is 0 Å². The number of carbonyl (C=O) groups excluding carboxylic acids is 2. The Morgan fingerprint density at radius 3 is 2.60 bits per heavy atom. The summed E-state index contributed by atoms with van der Waals surface area (Å²) in [6.07, 6.45) is 2.73. The smallest absolute Gasteiger partial charge is 0.264 e. The van der Waals surface area contributed by atoms with E-state index in [2.05, 4.69) is 15.4 Å². The molecule has 0 bridgehead atoms. The molecule has 0 saturated heterocycles. The number of anilines is 1. The molecule has 8 nitrogen and oxygen atoms in total. The van der Waals surface area contributed by atoms with Gasteiger partial charge in [0.25, 0.3) is 5.56 Å². The number of carbonyl (C=O) groups is 2. The molecule has 1 N–H and O–H groups in total. The average molecular weight is 422 g/mol. The molecule has 0 radical (unpaired) electrons. The fraction of sp³-hybridized carbons (Fsp3) is 0.0952. The summed E-state index contributed by atoms with van der Waals surface area (Å²) in [5, 5.41) is 7.76. The van der Waals surface area contributed by atoms with Crippen molar-refractivity contribution in [1.29, 1.82) is 0 Å². The zero-order valence-electron chi connectivity index (χ0n) is 15.9. The molecule has 0 saturated carbocycles. The monoisotopic (exact) mass is 421 g/mol. The molecule has 0 aliphatic heterocycles. The van der Waals surface area contributed by atoms with Crippen molar-refractivity contribution in [2.24, 2.45) is 0 Å². The van der Waals surface area contributed by atoms with Gasteiger partial charge in [0.15, 0.2) is 11.4 Å². The minimum Gasteiger partial charge on any atom is -0.325 e. The predicted molar refractivity (Wildman–Crippen MR) is 113 cm³/mol. The number of nitrogens with one attached hydrogen (secondary N) is 1. The van der Waals surface area contributed by atoms with Crippen molar-refractivity contribution < 1.29 is 9.59 Å². The number of amides is 1. The highest BCUT2D eigenvalue weighted by molar-refractivity contribution is 6.30. The van der Waals surface area contributed by atoms with Crippen LogP contribution in [0.15, 0.2) is 65.8 Å². The second-order valence-electron chi connectivity index (χ2n) is 6.63. The van der Waals surface area contributed by atoms with Gasteiger partial charge in [0, 0.05) is 16.3 Å². The van der Waals surface area contributed by atoms with E-state index in [1.54, 1.807) is 48.5 Å². The first-order chi connectivity index (χ1) is 14.4. The Morgan fingerprint density at radius 1 is 1.13 bits per heavy atom. The first-order valence-electron chi connectivity index (χ1n) is 9.02. The van der Waals surface area contributed by atoms with Gasteiger partial charge in [-0.2, -0.15) is 5.10 Å². The molecule has 2 aromatic carbocycles. The predicted octanol–water partition coefficient (Wildman–Crippen LogP) is 3.08. The summed E-state index contributed by atoms with van der Waals surface area (Å²) < 4.78 is 2.73. The van der Waals surface area contributed by atoms with E-state index in [4.69, 9.17) is 11.6 Å². The molecule has 9 heteroatoms. The molecule has 4 aromatic rings. The molecular formula is C21H16ClN5O3. The molecule has 0 atom stereocenters. The number of Topliss-reactive ketones (excluding diaryl/α,β-unsaturated/α-hetero) is 1. The zero-order valence-corrected chi connectivity index (χ0v) is 16.6. The number of hydrogen-bond acceptors (Lipinski definition) is 5. The summed E-state index contributed by atoms with van der Waals surface area (Å²) in [6.45, 7) is 1.26. The molecule has 0 aliphatic carbocycles. The summed E-state index contributed by atoms with van der Waals surface area (Å²) in [4.78, 5) is 40.8. The summed E-state index contributed by atoms with van der Waals surface area (Å²) in [6, 6.07) is 13.6. The Bertz CT molecular complexity index is 1320. The highest BCUT2D eigenvalue weighted by Crippen LogP contribution is 2.17. The zero-order chi connectivity index (χ0) is 21.3. The topological polar surface area (TPSA) is 98.9 Å². The van der Waals surface area contributed by atoms with Crippen molar-refractivity contribution >= 4 is 40.0 Å².